The van der Waals surface area contributed by atoms with Crippen LogP contribution in [-0.4, -0.2) is 18.1 Å². The number of carbonyl (C=O) groups is 1. The van der Waals surface area contributed by atoms with Gasteiger partial charge in [0.1, 0.15) is 11.8 Å². The van der Waals surface area contributed by atoms with Gasteiger partial charge in [0.15, 0.2) is 5.69 Å². The van der Waals surface area contributed by atoms with Gasteiger partial charge in [0.05, 0.1) is 7.11 Å². The zero-order chi connectivity index (χ0) is 9.84. The van der Waals surface area contributed by atoms with E-state index in [1.165, 1.54) is 19.2 Å². The van der Waals surface area contributed by atoms with Crippen LogP contribution in [0, 0.1) is 11.3 Å². The summed E-state index contributed by atoms with van der Waals surface area (Å²) in [4.78, 5) is 15.2. The Hall–Kier alpha value is -1.54. The summed E-state index contributed by atoms with van der Waals surface area (Å²) in [5.41, 5.74) is 0.225. The number of carbonyl (C=O) groups excluding carboxylic acids is 1. The lowest BCUT2D eigenvalue weighted by Gasteiger charge is -1.99. The minimum absolute atomic E-state index is 0.108. The zero-order valence-electron chi connectivity index (χ0n) is 6.81. The van der Waals surface area contributed by atoms with Crippen molar-refractivity contribution in [3.63, 3.8) is 0 Å². The molecule has 0 saturated heterocycles. The van der Waals surface area contributed by atoms with Crippen LogP contribution >= 0.6 is 12.6 Å². The van der Waals surface area contributed by atoms with E-state index in [4.69, 9.17) is 5.26 Å². The number of methoxy groups -OCH3 is 1. The molecule has 66 valence electrons. The maximum Gasteiger partial charge on any atom is 0.356 e. The number of hydrogen-bond acceptors (Lipinski definition) is 5. The topological polar surface area (TPSA) is 63.0 Å². The first-order valence-corrected chi connectivity index (χ1v) is 3.82. The molecule has 0 N–H and O–H groups in total. The monoisotopic (exact) mass is 194 g/mol. The fraction of sp³-hybridized carbons (Fsp3) is 0.125. The maximum absolute atomic E-state index is 11.0. The molecular weight excluding hydrogens is 188 g/mol. The van der Waals surface area contributed by atoms with Crippen molar-refractivity contribution in [3.05, 3.63) is 23.5 Å². The van der Waals surface area contributed by atoms with Crippen molar-refractivity contribution >= 4 is 18.6 Å². The molecule has 0 aromatic carbocycles. The molecule has 13 heavy (non-hydrogen) atoms. The van der Waals surface area contributed by atoms with Gasteiger partial charge in [-0.2, -0.15) is 5.26 Å². The molecule has 0 bridgehead atoms. The molecule has 0 unspecified atom stereocenters. The summed E-state index contributed by atoms with van der Waals surface area (Å²) < 4.78 is 4.44. The van der Waals surface area contributed by atoms with Crippen LogP contribution in [-0.2, 0) is 4.74 Å². The van der Waals surface area contributed by atoms with E-state index in [0.29, 0.717) is 4.90 Å². The van der Waals surface area contributed by atoms with Gasteiger partial charge >= 0.3 is 5.97 Å². The molecule has 4 nitrogen and oxygen atoms in total. The van der Waals surface area contributed by atoms with Crippen molar-refractivity contribution in [2.45, 2.75) is 4.90 Å². The Bertz CT molecular complexity index is 384. The summed E-state index contributed by atoms with van der Waals surface area (Å²) >= 11 is 3.99. The minimum atomic E-state index is -0.565. The third-order valence-electron chi connectivity index (χ3n) is 1.37. The number of nitriles is 1. The van der Waals surface area contributed by atoms with E-state index in [-0.39, 0.29) is 11.4 Å². The van der Waals surface area contributed by atoms with E-state index in [1.54, 1.807) is 0 Å². The number of pyridine rings is 1. The molecule has 0 aliphatic carbocycles. The van der Waals surface area contributed by atoms with E-state index in [9.17, 15) is 4.79 Å². The number of thiol groups is 1. The van der Waals surface area contributed by atoms with E-state index in [1.807, 2.05) is 6.07 Å². The smallest absolute Gasteiger partial charge is 0.356 e. The second-order valence-electron chi connectivity index (χ2n) is 2.17. The van der Waals surface area contributed by atoms with Crippen LogP contribution in [0.2, 0.25) is 0 Å². The minimum Gasteiger partial charge on any atom is -0.464 e. The largest absolute Gasteiger partial charge is 0.464 e. The first-order chi connectivity index (χ1) is 6.19. The lowest BCUT2D eigenvalue weighted by atomic mass is 10.3. The number of esters is 1. The molecule has 0 fully saturated rings. The number of hydrogen-bond donors (Lipinski definition) is 1. The lowest BCUT2D eigenvalue weighted by Crippen LogP contribution is -2.05. The highest BCUT2D eigenvalue weighted by Crippen LogP contribution is 2.11. The average molecular weight is 194 g/mol. The van der Waals surface area contributed by atoms with Gasteiger partial charge in [-0.15, -0.1) is 12.6 Å². The first kappa shape index (κ1) is 9.55. The van der Waals surface area contributed by atoms with E-state index in [0.717, 1.165) is 0 Å². The Morgan fingerprint density at radius 3 is 2.92 bits per heavy atom. The maximum atomic E-state index is 11.0. The second-order valence-corrected chi connectivity index (χ2v) is 2.65. The van der Waals surface area contributed by atoms with E-state index < -0.39 is 5.97 Å². The van der Waals surface area contributed by atoms with Crippen molar-refractivity contribution in [3.8, 4) is 6.07 Å². The van der Waals surface area contributed by atoms with E-state index in [2.05, 4.69) is 22.3 Å². The summed E-state index contributed by atoms with van der Waals surface area (Å²) in [5, 5.41) is 8.58. The molecule has 0 amide bonds. The van der Waals surface area contributed by atoms with Crippen molar-refractivity contribution in [2.75, 3.05) is 7.11 Å². The molecule has 1 heterocycles. The lowest BCUT2D eigenvalue weighted by molar-refractivity contribution is 0.0594. The van der Waals surface area contributed by atoms with Crippen LogP contribution in [0.15, 0.2) is 17.0 Å². The Kier molecular flexibility index (Phi) is 2.88. The third-order valence-corrected chi connectivity index (χ3v) is 1.74. The van der Waals surface area contributed by atoms with Crippen LogP contribution in [0.5, 0.6) is 0 Å². The van der Waals surface area contributed by atoms with Crippen LogP contribution in [0.25, 0.3) is 0 Å². The Labute approximate surface area is 80.6 Å². The van der Waals surface area contributed by atoms with Crippen LogP contribution in [0.1, 0.15) is 16.2 Å². The molecule has 1 rings (SSSR count). The molecule has 0 atom stereocenters. The quantitative estimate of drug-likeness (QED) is 0.535. The summed E-state index contributed by atoms with van der Waals surface area (Å²) in [5.74, 6) is -0.565. The highest BCUT2D eigenvalue weighted by Gasteiger charge is 2.09. The summed E-state index contributed by atoms with van der Waals surface area (Å²) in [6.07, 6.45) is 0. The van der Waals surface area contributed by atoms with Gasteiger partial charge in [-0.3, -0.25) is 0 Å². The molecule has 0 spiro atoms. The number of rotatable bonds is 1. The van der Waals surface area contributed by atoms with Gasteiger partial charge in [0, 0.05) is 4.90 Å². The molecule has 0 aliphatic rings. The molecule has 0 saturated carbocycles. The van der Waals surface area contributed by atoms with E-state index >= 15 is 0 Å². The Balaban J connectivity index is 3.15. The summed E-state index contributed by atoms with van der Waals surface area (Å²) in [6.45, 7) is 0. The molecule has 1 aromatic heterocycles. The Morgan fingerprint density at radius 1 is 1.69 bits per heavy atom. The van der Waals surface area contributed by atoms with Crippen molar-refractivity contribution < 1.29 is 9.53 Å². The molecule has 0 radical (unpaired) electrons. The molecule has 0 aliphatic heterocycles. The summed E-state index contributed by atoms with van der Waals surface area (Å²) in [7, 11) is 1.25. The third kappa shape index (κ3) is 1.98. The van der Waals surface area contributed by atoms with Gasteiger partial charge in [-0.05, 0) is 12.1 Å². The van der Waals surface area contributed by atoms with Gasteiger partial charge < -0.3 is 4.74 Å². The van der Waals surface area contributed by atoms with Crippen molar-refractivity contribution in [1.29, 1.82) is 5.26 Å². The highest BCUT2D eigenvalue weighted by atomic mass is 32.1. The predicted octanol–water partition coefficient (Wildman–Crippen LogP) is 1.03. The number of ether oxygens (including phenoxy) is 1. The van der Waals surface area contributed by atoms with Crippen molar-refractivity contribution in [1.82, 2.24) is 4.98 Å². The van der Waals surface area contributed by atoms with Gasteiger partial charge in [-0.25, -0.2) is 9.78 Å². The molecule has 1 aromatic rings. The van der Waals surface area contributed by atoms with Crippen LogP contribution in [0.3, 0.4) is 0 Å². The predicted molar refractivity (Wildman–Crippen MR) is 47.5 cm³/mol. The van der Waals surface area contributed by atoms with Crippen LogP contribution in [0.4, 0.5) is 0 Å². The van der Waals surface area contributed by atoms with Gasteiger partial charge in [-0.1, -0.05) is 0 Å². The Morgan fingerprint density at radius 2 is 2.38 bits per heavy atom. The molecule has 5 heteroatoms. The summed E-state index contributed by atoms with van der Waals surface area (Å²) in [6, 6.07) is 4.80. The number of nitrogens with zero attached hydrogens (tertiary/aromatic N) is 2. The fourth-order valence-corrected chi connectivity index (χ4v) is 0.927. The highest BCUT2D eigenvalue weighted by molar-refractivity contribution is 7.80. The van der Waals surface area contributed by atoms with Gasteiger partial charge in [0.25, 0.3) is 0 Å². The van der Waals surface area contributed by atoms with Crippen molar-refractivity contribution in [2.24, 2.45) is 0 Å². The normalized spacial score (nSPS) is 9.00. The fourth-order valence-electron chi connectivity index (χ4n) is 0.752. The number of aromatic nitrogens is 1. The SMILES string of the molecule is COC(=O)c1ccc(S)c(C#N)n1. The second kappa shape index (κ2) is 3.92. The first-order valence-electron chi connectivity index (χ1n) is 3.37. The van der Waals surface area contributed by atoms with Gasteiger partial charge in [0.2, 0.25) is 0 Å². The average Bonchev–Trinajstić information content (AvgIpc) is 2.17. The molecular formula is C8H6N2O2S. The van der Waals surface area contributed by atoms with Crippen LogP contribution < -0.4 is 0 Å². The standard InChI is InChI=1S/C8H6N2O2S/c1-12-8(11)5-2-3-7(13)6(4-9)10-5/h2-3,13H,1H3. The zero-order valence-corrected chi connectivity index (χ0v) is 7.71.